The van der Waals surface area contributed by atoms with Gasteiger partial charge in [0, 0.05) is 11.0 Å². The monoisotopic (exact) mass is 426 g/mol. The lowest BCUT2D eigenvalue weighted by molar-refractivity contribution is -0.139. The highest BCUT2D eigenvalue weighted by molar-refractivity contribution is 7.18. The van der Waals surface area contributed by atoms with E-state index in [1.807, 2.05) is 0 Å². The number of hydrogen-bond acceptors (Lipinski definition) is 7. The third-order valence-electron chi connectivity index (χ3n) is 5.18. The van der Waals surface area contributed by atoms with Crippen molar-refractivity contribution in [2.75, 3.05) is 7.11 Å². The van der Waals surface area contributed by atoms with Crippen molar-refractivity contribution >= 4 is 33.6 Å². The predicted octanol–water partition coefficient (Wildman–Crippen LogP) is 3.58. The molecule has 7 nitrogen and oxygen atoms in total. The van der Waals surface area contributed by atoms with Crippen molar-refractivity contribution in [3.63, 3.8) is 0 Å². The number of nitrogens with zero attached hydrogens (tertiary/aromatic N) is 1. The summed E-state index contributed by atoms with van der Waals surface area (Å²) in [6, 6.07) is 4.73. The number of phenolic OH excluding ortho intramolecular Hbond substituents is 1. The molecule has 1 aliphatic rings. The van der Waals surface area contributed by atoms with Crippen LogP contribution >= 0.6 is 11.3 Å². The number of methoxy groups -OCH3 is 1. The molecule has 30 heavy (non-hydrogen) atoms. The lowest BCUT2D eigenvalue weighted by atomic mass is 9.89. The molecule has 0 radical (unpaired) electrons. The number of hydrogen-bond donors (Lipinski definition) is 2. The number of aryl methyl sites for hydroxylation is 1. The molecule has 1 aromatic carbocycles. The maximum Gasteiger partial charge on any atom is 0.331 e. The second kappa shape index (κ2) is 8.31. The Balaban J connectivity index is 1.46. The summed E-state index contributed by atoms with van der Waals surface area (Å²) >= 11 is 1.56. The number of nitrogens with one attached hydrogen (secondary N) is 1. The Hall–Kier alpha value is -3.13. The highest BCUT2D eigenvalue weighted by Gasteiger charge is 2.23. The third-order valence-corrected chi connectivity index (χ3v) is 6.33. The van der Waals surface area contributed by atoms with Crippen LogP contribution in [0.2, 0.25) is 0 Å². The Bertz CT molecular complexity index is 1190. The van der Waals surface area contributed by atoms with Gasteiger partial charge in [0.05, 0.1) is 12.5 Å². The molecule has 2 N–H and O–H groups in total. The van der Waals surface area contributed by atoms with Crippen molar-refractivity contribution in [1.82, 2.24) is 9.97 Å². The fraction of sp³-hybridized carbons (Fsp3) is 0.318. The van der Waals surface area contributed by atoms with Crippen molar-refractivity contribution in [2.45, 2.75) is 32.8 Å². The zero-order chi connectivity index (χ0) is 21.3. The molecule has 0 amide bonds. The van der Waals surface area contributed by atoms with Gasteiger partial charge >= 0.3 is 5.97 Å². The minimum atomic E-state index is -0.566. The van der Waals surface area contributed by atoms with Crippen molar-refractivity contribution in [2.24, 2.45) is 5.92 Å². The number of rotatable bonds is 5. The fourth-order valence-electron chi connectivity index (χ4n) is 3.61. The molecule has 1 atom stereocenters. The number of aromatic amines is 1. The molecule has 1 aliphatic carbocycles. The predicted molar refractivity (Wildman–Crippen MR) is 115 cm³/mol. The van der Waals surface area contributed by atoms with E-state index in [1.54, 1.807) is 29.5 Å². The lowest BCUT2D eigenvalue weighted by Crippen LogP contribution is -2.15. The van der Waals surface area contributed by atoms with Gasteiger partial charge in [-0.2, -0.15) is 0 Å². The molecule has 2 aromatic heterocycles. The number of benzene rings is 1. The van der Waals surface area contributed by atoms with Crippen molar-refractivity contribution < 1.29 is 19.4 Å². The van der Waals surface area contributed by atoms with Crippen LogP contribution in [0, 0.1) is 5.92 Å². The largest absolute Gasteiger partial charge is 0.504 e. The van der Waals surface area contributed by atoms with Gasteiger partial charge in [0.25, 0.3) is 5.56 Å². The van der Waals surface area contributed by atoms with Crippen LogP contribution in [0.15, 0.2) is 29.1 Å². The van der Waals surface area contributed by atoms with Crippen LogP contribution in [0.3, 0.4) is 0 Å². The Kier molecular flexibility index (Phi) is 5.59. The van der Waals surface area contributed by atoms with Gasteiger partial charge in [-0.1, -0.05) is 13.0 Å². The molecule has 0 bridgehead atoms. The molecular formula is C22H22N2O5S. The minimum Gasteiger partial charge on any atom is -0.504 e. The summed E-state index contributed by atoms with van der Waals surface area (Å²) in [4.78, 5) is 33.8. The molecule has 3 aromatic rings. The van der Waals surface area contributed by atoms with E-state index in [0.717, 1.165) is 24.8 Å². The molecule has 0 saturated heterocycles. The Labute approximate surface area is 177 Å². The maximum atomic E-state index is 12.6. The third kappa shape index (κ3) is 4.09. The van der Waals surface area contributed by atoms with Gasteiger partial charge in [-0.25, -0.2) is 9.78 Å². The van der Waals surface area contributed by atoms with Crippen molar-refractivity contribution in [1.29, 1.82) is 0 Å². The number of H-pyrrole nitrogens is 1. The Morgan fingerprint density at radius 2 is 2.27 bits per heavy atom. The van der Waals surface area contributed by atoms with E-state index in [4.69, 9.17) is 9.47 Å². The van der Waals surface area contributed by atoms with Crippen LogP contribution in [0.5, 0.6) is 11.5 Å². The van der Waals surface area contributed by atoms with Gasteiger partial charge in [-0.3, -0.25) is 4.79 Å². The second-order valence-electron chi connectivity index (χ2n) is 7.42. The molecule has 8 heteroatoms. The van der Waals surface area contributed by atoms with Crippen molar-refractivity contribution in [3.05, 3.63) is 56.5 Å². The van der Waals surface area contributed by atoms with Gasteiger partial charge in [0.1, 0.15) is 17.3 Å². The van der Waals surface area contributed by atoms with Gasteiger partial charge in [-0.05, 0) is 54.5 Å². The summed E-state index contributed by atoms with van der Waals surface area (Å²) in [5.74, 6) is 0.711. The van der Waals surface area contributed by atoms with Gasteiger partial charge in [0.15, 0.2) is 11.5 Å². The summed E-state index contributed by atoms with van der Waals surface area (Å²) in [6.45, 7) is 2.10. The topological polar surface area (TPSA) is 102 Å². The second-order valence-corrected chi connectivity index (χ2v) is 8.50. The lowest BCUT2D eigenvalue weighted by Gasteiger charge is -2.17. The highest BCUT2D eigenvalue weighted by Crippen LogP contribution is 2.35. The number of carbonyl (C=O) groups excluding carboxylic acids is 1. The fourth-order valence-corrected chi connectivity index (χ4v) is 5.01. The number of aromatic nitrogens is 2. The maximum absolute atomic E-state index is 12.6. The van der Waals surface area contributed by atoms with Crippen LogP contribution in [0.1, 0.15) is 35.2 Å². The quantitative estimate of drug-likeness (QED) is 0.478. The first-order valence-electron chi connectivity index (χ1n) is 9.70. The summed E-state index contributed by atoms with van der Waals surface area (Å²) < 4.78 is 10.3. The van der Waals surface area contributed by atoms with Crippen LogP contribution in [0.25, 0.3) is 16.3 Å². The van der Waals surface area contributed by atoms with E-state index >= 15 is 0 Å². The average molecular weight is 426 g/mol. The van der Waals surface area contributed by atoms with Crippen molar-refractivity contribution in [3.8, 4) is 11.5 Å². The molecular weight excluding hydrogens is 404 g/mol. The number of thiophene rings is 1. The Morgan fingerprint density at radius 1 is 1.43 bits per heavy atom. The summed E-state index contributed by atoms with van der Waals surface area (Å²) in [5, 5.41) is 10.3. The smallest absolute Gasteiger partial charge is 0.331 e. The van der Waals surface area contributed by atoms with Gasteiger partial charge in [0.2, 0.25) is 0 Å². The minimum absolute atomic E-state index is 0.0207. The molecule has 156 valence electrons. The normalized spacial score (nSPS) is 16.0. The van der Waals surface area contributed by atoms with E-state index < -0.39 is 5.97 Å². The summed E-state index contributed by atoms with van der Waals surface area (Å²) in [7, 11) is 1.45. The van der Waals surface area contributed by atoms with Crippen LogP contribution < -0.4 is 10.3 Å². The number of phenols is 1. The Morgan fingerprint density at radius 3 is 3.07 bits per heavy atom. The SMILES string of the molecule is COc1cc(C=CC(=O)OCc2nc3sc4c(c3c(=O)[nH]2)CCC(C)C4)ccc1O. The first-order valence-corrected chi connectivity index (χ1v) is 10.5. The zero-order valence-corrected chi connectivity index (χ0v) is 17.5. The average Bonchev–Trinajstić information content (AvgIpc) is 3.09. The number of esters is 1. The summed E-state index contributed by atoms with van der Waals surface area (Å²) in [5.41, 5.74) is 1.62. The first kappa shape index (κ1) is 20.2. The molecule has 2 heterocycles. The number of carbonyl (C=O) groups is 1. The van der Waals surface area contributed by atoms with E-state index in [2.05, 4.69) is 16.9 Å². The molecule has 0 aliphatic heterocycles. The first-order chi connectivity index (χ1) is 14.4. The summed E-state index contributed by atoms with van der Waals surface area (Å²) in [6.07, 6.45) is 5.79. The van der Waals surface area contributed by atoms with Crippen LogP contribution in [-0.2, 0) is 29.0 Å². The number of aromatic hydroxyl groups is 1. The van der Waals surface area contributed by atoms with E-state index in [0.29, 0.717) is 33.3 Å². The van der Waals surface area contributed by atoms with E-state index in [1.165, 1.54) is 24.1 Å². The number of ether oxygens (including phenoxy) is 2. The molecule has 4 rings (SSSR count). The van der Waals surface area contributed by atoms with Crippen LogP contribution in [0.4, 0.5) is 0 Å². The van der Waals surface area contributed by atoms with E-state index in [-0.39, 0.29) is 17.9 Å². The standard InChI is InChI=1S/C22H22N2O5S/c1-12-3-6-14-17(9-12)30-22-20(14)21(27)23-18(24-22)11-29-19(26)8-5-13-4-7-15(25)16(10-13)28-2/h4-5,7-8,10,12,25H,3,6,9,11H2,1-2H3,(H,23,24,27). The number of fused-ring (bicyclic) bond motifs is 3. The zero-order valence-electron chi connectivity index (χ0n) is 16.7. The van der Waals surface area contributed by atoms with Crippen LogP contribution in [-0.4, -0.2) is 28.2 Å². The molecule has 0 saturated carbocycles. The highest BCUT2D eigenvalue weighted by atomic mass is 32.1. The molecule has 0 spiro atoms. The molecule has 0 fully saturated rings. The van der Waals surface area contributed by atoms with E-state index in [9.17, 15) is 14.7 Å². The van der Waals surface area contributed by atoms with Gasteiger partial charge in [-0.15, -0.1) is 11.3 Å². The molecule has 1 unspecified atom stereocenters. The van der Waals surface area contributed by atoms with Gasteiger partial charge < -0.3 is 19.6 Å².